The smallest absolute Gasteiger partial charge is 0.288 e. The number of carbonyl (C=O) groups is 1. The summed E-state index contributed by atoms with van der Waals surface area (Å²) in [5, 5.41) is 2.85. The molecular weight excluding hydrogens is 274 g/mol. The highest BCUT2D eigenvalue weighted by atomic mass is 16.1. The zero-order valence-corrected chi connectivity index (χ0v) is 13.7. The summed E-state index contributed by atoms with van der Waals surface area (Å²) >= 11 is 0. The topological polar surface area (TPSA) is 45.9 Å². The molecule has 0 bridgehead atoms. The first-order chi connectivity index (χ1) is 10.5. The fourth-order valence-corrected chi connectivity index (χ4v) is 2.30. The minimum atomic E-state index is -0.205. The first-order valence-corrected chi connectivity index (χ1v) is 7.66. The minimum Gasteiger partial charge on any atom is -0.289 e. The maximum Gasteiger partial charge on any atom is 0.288 e. The Morgan fingerprint density at radius 1 is 1.18 bits per heavy atom. The fourth-order valence-electron chi connectivity index (χ4n) is 2.30. The normalized spacial score (nSPS) is 12.2. The lowest BCUT2D eigenvalue weighted by atomic mass is 9.96. The molecule has 1 atom stereocenters. The van der Waals surface area contributed by atoms with Crippen molar-refractivity contribution in [2.45, 2.75) is 33.1 Å². The van der Waals surface area contributed by atoms with Gasteiger partial charge in [-0.15, -0.1) is 0 Å². The van der Waals surface area contributed by atoms with Gasteiger partial charge in [0.05, 0.1) is 19.2 Å². The summed E-state index contributed by atoms with van der Waals surface area (Å²) in [4.78, 5) is 16.5. The molecular formula is C18H24N3O+. The first kappa shape index (κ1) is 16.1. The van der Waals surface area contributed by atoms with E-state index in [1.807, 2.05) is 36.9 Å². The lowest BCUT2D eigenvalue weighted by molar-refractivity contribution is -0.674. The summed E-state index contributed by atoms with van der Waals surface area (Å²) in [5.41, 5.74) is 2.33. The Bertz CT molecular complexity index is 618. The Balaban J connectivity index is 2.02. The number of carbonyl (C=O) groups excluding carboxylic acids is 1. The van der Waals surface area contributed by atoms with Gasteiger partial charge < -0.3 is 0 Å². The van der Waals surface area contributed by atoms with E-state index >= 15 is 0 Å². The Kier molecular flexibility index (Phi) is 5.26. The number of benzene rings is 1. The molecule has 1 unspecified atom stereocenters. The Hall–Kier alpha value is -2.23. The standard InChI is InChI=1S/C18H23N3O/c1-13(2)11-15-5-7-16(8-6-15)14(3)18(22)20-17-9-10-21(4)12-19-17/h5-10,12-14H,11H2,1-4H3/p+1. The number of nitrogens with one attached hydrogen (secondary N) is 1. The molecule has 1 aromatic heterocycles. The van der Waals surface area contributed by atoms with Crippen LogP contribution in [-0.4, -0.2) is 10.9 Å². The maximum absolute atomic E-state index is 12.3. The molecule has 22 heavy (non-hydrogen) atoms. The quantitative estimate of drug-likeness (QED) is 0.863. The van der Waals surface area contributed by atoms with E-state index < -0.39 is 0 Å². The molecule has 0 saturated carbocycles. The van der Waals surface area contributed by atoms with Crippen LogP contribution in [0.15, 0.2) is 42.9 Å². The molecule has 4 heteroatoms. The number of aryl methyl sites for hydroxylation is 1. The molecule has 0 aliphatic rings. The van der Waals surface area contributed by atoms with Crippen LogP contribution in [-0.2, 0) is 18.3 Å². The van der Waals surface area contributed by atoms with Crippen molar-refractivity contribution in [2.24, 2.45) is 13.0 Å². The van der Waals surface area contributed by atoms with Gasteiger partial charge in [0.25, 0.3) is 12.1 Å². The van der Waals surface area contributed by atoms with Crippen molar-refractivity contribution in [3.63, 3.8) is 0 Å². The van der Waals surface area contributed by atoms with Crippen molar-refractivity contribution >= 4 is 11.7 Å². The van der Waals surface area contributed by atoms with Crippen LogP contribution in [0.5, 0.6) is 0 Å². The molecule has 4 nitrogen and oxygen atoms in total. The molecule has 0 aliphatic heterocycles. The van der Waals surface area contributed by atoms with Gasteiger partial charge in [0.1, 0.15) is 0 Å². The van der Waals surface area contributed by atoms with E-state index in [2.05, 4.69) is 36.3 Å². The van der Waals surface area contributed by atoms with Gasteiger partial charge >= 0.3 is 0 Å². The van der Waals surface area contributed by atoms with Gasteiger partial charge in [0, 0.05) is 6.07 Å². The predicted molar refractivity (Wildman–Crippen MR) is 87.4 cm³/mol. The third-order valence-corrected chi connectivity index (χ3v) is 3.61. The summed E-state index contributed by atoms with van der Waals surface area (Å²) < 4.78 is 1.83. The molecule has 1 amide bonds. The number of nitrogens with zero attached hydrogens (tertiary/aromatic N) is 2. The molecule has 1 aromatic carbocycles. The van der Waals surface area contributed by atoms with E-state index in [9.17, 15) is 4.79 Å². The summed E-state index contributed by atoms with van der Waals surface area (Å²) in [7, 11) is 1.89. The van der Waals surface area contributed by atoms with Crippen molar-refractivity contribution in [3.05, 3.63) is 54.0 Å². The Morgan fingerprint density at radius 2 is 1.86 bits per heavy atom. The number of amides is 1. The van der Waals surface area contributed by atoms with Gasteiger partial charge in [-0.2, -0.15) is 0 Å². The second-order valence-corrected chi connectivity index (χ2v) is 6.16. The number of aromatic nitrogens is 2. The molecule has 1 heterocycles. The third kappa shape index (κ3) is 4.38. The summed E-state index contributed by atoms with van der Waals surface area (Å²) in [6.07, 6.45) is 4.58. The van der Waals surface area contributed by atoms with Gasteiger partial charge in [-0.25, -0.2) is 4.57 Å². The molecule has 0 spiro atoms. The number of hydrogen-bond donors (Lipinski definition) is 1. The predicted octanol–water partition coefficient (Wildman–Crippen LogP) is 2.85. The molecule has 1 N–H and O–H groups in total. The van der Waals surface area contributed by atoms with Crippen molar-refractivity contribution in [2.75, 3.05) is 5.32 Å². The fraction of sp³-hybridized carbons (Fsp3) is 0.389. The maximum atomic E-state index is 12.3. The second kappa shape index (κ2) is 7.16. The largest absolute Gasteiger partial charge is 0.289 e. The molecule has 2 aromatic rings. The minimum absolute atomic E-state index is 0.0436. The third-order valence-electron chi connectivity index (χ3n) is 3.61. The zero-order valence-electron chi connectivity index (χ0n) is 13.7. The molecule has 0 radical (unpaired) electrons. The highest BCUT2D eigenvalue weighted by molar-refractivity contribution is 5.94. The highest BCUT2D eigenvalue weighted by Crippen LogP contribution is 2.19. The highest BCUT2D eigenvalue weighted by Gasteiger charge is 2.17. The summed E-state index contributed by atoms with van der Waals surface area (Å²) in [5.74, 6) is 0.963. The van der Waals surface area contributed by atoms with E-state index in [0.29, 0.717) is 11.7 Å². The molecule has 0 saturated heterocycles. The van der Waals surface area contributed by atoms with Crippen molar-refractivity contribution in [3.8, 4) is 0 Å². The van der Waals surface area contributed by atoms with Crippen LogP contribution < -0.4 is 9.88 Å². The number of anilines is 1. The Morgan fingerprint density at radius 3 is 2.41 bits per heavy atom. The lowest BCUT2D eigenvalue weighted by Crippen LogP contribution is -2.28. The van der Waals surface area contributed by atoms with Gasteiger partial charge in [-0.3, -0.25) is 10.1 Å². The van der Waals surface area contributed by atoms with Crippen LogP contribution in [0.1, 0.15) is 37.8 Å². The van der Waals surface area contributed by atoms with Gasteiger partial charge in [-0.1, -0.05) is 38.1 Å². The van der Waals surface area contributed by atoms with Crippen LogP contribution >= 0.6 is 0 Å². The second-order valence-electron chi connectivity index (χ2n) is 6.16. The van der Waals surface area contributed by atoms with E-state index in [4.69, 9.17) is 0 Å². The Labute approximate surface area is 132 Å². The van der Waals surface area contributed by atoms with Gasteiger partial charge in [0.2, 0.25) is 5.91 Å². The molecule has 2 rings (SSSR count). The number of hydrogen-bond acceptors (Lipinski definition) is 2. The van der Waals surface area contributed by atoms with E-state index in [1.54, 1.807) is 12.4 Å². The average molecular weight is 298 g/mol. The van der Waals surface area contributed by atoms with E-state index in [0.717, 1.165) is 12.0 Å². The molecule has 0 fully saturated rings. The number of rotatable bonds is 5. The van der Waals surface area contributed by atoms with Crippen LogP contribution in [0.25, 0.3) is 0 Å². The van der Waals surface area contributed by atoms with Crippen LogP contribution in [0, 0.1) is 5.92 Å². The first-order valence-electron chi connectivity index (χ1n) is 7.66. The summed E-state index contributed by atoms with van der Waals surface area (Å²) in [6.45, 7) is 6.32. The molecule has 0 aliphatic carbocycles. The average Bonchev–Trinajstić information content (AvgIpc) is 2.49. The molecule has 116 valence electrons. The summed E-state index contributed by atoms with van der Waals surface area (Å²) in [6, 6.07) is 10.1. The van der Waals surface area contributed by atoms with Crippen LogP contribution in [0.4, 0.5) is 5.82 Å². The zero-order chi connectivity index (χ0) is 16.1. The van der Waals surface area contributed by atoms with Crippen molar-refractivity contribution in [1.29, 1.82) is 0 Å². The van der Waals surface area contributed by atoms with Crippen molar-refractivity contribution < 1.29 is 9.36 Å². The van der Waals surface area contributed by atoms with E-state index in [1.165, 1.54) is 5.56 Å². The van der Waals surface area contributed by atoms with Gasteiger partial charge in [-0.05, 0) is 35.4 Å². The lowest BCUT2D eigenvalue weighted by Gasteiger charge is -2.12. The van der Waals surface area contributed by atoms with Crippen LogP contribution in [0.3, 0.4) is 0 Å². The van der Waals surface area contributed by atoms with Gasteiger partial charge in [0.15, 0.2) is 0 Å². The monoisotopic (exact) mass is 298 g/mol. The SMILES string of the molecule is CC(C)Cc1ccc(C(C)C(=O)Nc2cc[n+](C)cn2)cc1. The van der Waals surface area contributed by atoms with Crippen molar-refractivity contribution in [1.82, 2.24) is 4.98 Å². The van der Waals surface area contributed by atoms with E-state index in [-0.39, 0.29) is 11.8 Å². The van der Waals surface area contributed by atoms with Crippen LogP contribution in [0.2, 0.25) is 0 Å².